The van der Waals surface area contributed by atoms with Gasteiger partial charge in [0.15, 0.2) is 0 Å². The maximum atomic E-state index is 5.86. The predicted octanol–water partition coefficient (Wildman–Crippen LogP) is 2.73. The molecule has 1 unspecified atom stereocenters. The maximum absolute atomic E-state index is 5.86. The van der Waals surface area contributed by atoms with E-state index in [0.29, 0.717) is 0 Å². The molecule has 1 aromatic carbocycles. The van der Waals surface area contributed by atoms with E-state index < -0.39 is 0 Å². The predicted molar refractivity (Wildman–Crippen MR) is 72.1 cm³/mol. The van der Waals surface area contributed by atoms with Crippen LogP contribution in [0, 0.1) is 6.92 Å². The summed E-state index contributed by atoms with van der Waals surface area (Å²) in [6, 6.07) is 13.0. The van der Waals surface area contributed by atoms with Crippen molar-refractivity contribution in [1.29, 1.82) is 0 Å². The van der Waals surface area contributed by atoms with Crippen LogP contribution in [0.2, 0.25) is 0 Å². The van der Waals surface area contributed by atoms with Crippen molar-refractivity contribution in [2.24, 2.45) is 5.73 Å². The third-order valence-electron chi connectivity index (χ3n) is 3.06. The van der Waals surface area contributed by atoms with Crippen molar-refractivity contribution in [2.45, 2.75) is 32.9 Å². The van der Waals surface area contributed by atoms with E-state index in [-0.39, 0.29) is 6.04 Å². The first-order valence-electron chi connectivity index (χ1n) is 6.11. The monoisotopic (exact) mass is 228 g/mol. The molecule has 90 valence electrons. The van der Waals surface area contributed by atoms with Gasteiger partial charge in [-0.25, -0.2) is 0 Å². The van der Waals surface area contributed by atoms with Crippen LogP contribution in [0.1, 0.15) is 23.7 Å². The summed E-state index contributed by atoms with van der Waals surface area (Å²) in [5, 5.41) is 0. The van der Waals surface area contributed by atoms with E-state index in [1.165, 1.54) is 16.8 Å². The highest BCUT2D eigenvalue weighted by atomic mass is 15.0. The Morgan fingerprint density at radius 3 is 2.65 bits per heavy atom. The van der Waals surface area contributed by atoms with E-state index in [0.717, 1.165) is 13.0 Å². The molecule has 0 saturated heterocycles. The summed E-state index contributed by atoms with van der Waals surface area (Å²) in [4.78, 5) is 0. The Labute approximate surface area is 103 Å². The molecular formula is C15H20N2. The third kappa shape index (κ3) is 2.98. The second-order valence-electron chi connectivity index (χ2n) is 4.74. The van der Waals surface area contributed by atoms with Crippen LogP contribution < -0.4 is 5.73 Å². The molecule has 2 nitrogen and oxygen atoms in total. The van der Waals surface area contributed by atoms with Crippen molar-refractivity contribution in [3.05, 3.63) is 59.4 Å². The minimum atomic E-state index is 0.209. The van der Waals surface area contributed by atoms with Gasteiger partial charge in [-0.05, 0) is 37.1 Å². The van der Waals surface area contributed by atoms with E-state index in [9.17, 15) is 0 Å². The largest absolute Gasteiger partial charge is 0.347 e. The van der Waals surface area contributed by atoms with Crippen LogP contribution in [-0.2, 0) is 13.0 Å². The highest BCUT2D eigenvalue weighted by Gasteiger charge is 2.05. The van der Waals surface area contributed by atoms with E-state index in [2.05, 4.69) is 54.1 Å². The Morgan fingerprint density at radius 2 is 1.94 bits per heavy atom. The molecule has 2 rings (SSSR count). The summed E-state index contributed by atoms with van der Waals surface area (Å²) in [7, 11) is 0. The van der Waals surface area contributed by atoms with Gasteiger partial charge in [-0.1, -0.05) is 24.3 Å². The van der Waals surface area contributed by atoms with Crippen LogP contribution in [0.5, 0.6) is 0 Å². The molecule has 0 radical (unpaired) electrons. The standard InChI is InChI=1S/C15H20N2/c1-12-6-3-4-7-14(12)11-17-9-5-8-15(17)10-13(2)16/h3-9,13H,10-11,16H2,1-2H3. The second-order valence-corrected chi connectivity index (χ2v) is 4.74. The Kier molecular flexibility index (Phi) is 3.64. The van der Waals surface area contributed by atoms with Gasteiger partial charge < -0.3 is 10.3 Å². The van der Waals surface area contributed by atoms with Gasteiger partial charge in [0, 0.05) is 30.9 Å². The SMILES string of the molecule is Cc1ccccc1Cn1cccc1CC(C)N. The first kappa shape index (κ1) is 11.9. The lowest BCUT2D eigenvalue weighted by Gasteiger charge is -2.12. The average molecular weight is 228 g/mol. The fourth-order valence-electron chi connectivity index (χ4n) is 2.09. The Bertz CT molecular complexity index is 483. The minimum Gasteiger partial charge on any atom is -0.347 e. The summed E-state index contributed by atoms with van der Waals surface area (Å²) in [5.74, 6) is 0. The molecule has 2 N–H and O–H groups in total. The number of nitrogens with zero attached hydrogens (tertiary/aromatic N) is 1. The highest BCUT2D eigenvalue weighted by Crippen LogP contribution is 2.12. The molecule has 0 saturated carbocycles. The van der Waals surface area contributed by atoms with E-state index in [4.69, 9.17) is 5.73 Å². The maximum Gasteiger partial charge on any atom is 0.0475 e. The van der Waals surface area contributed by atoms with Gasteiger partial charge >= 0.3 is 0 Å². The van der Waals surface area contributed by atoms with Gasteiger partial charge in [0.1, 0.15) is 0 Å². The van der Waals surface area contributed by atoms with Gasteiger partial charge in [0.2, 0.25) is 0 Å². The van der Waals surface area contributed by atoms with Gasteiger partial charge in [0.05, 0.1) is 0 Å². The number of aryl methyl sites for hydroxylation is 1. The van der Waals surface area contributed by atoms with Crippen molar-refractivity contribution in [2.75, 3.05) is 0 Å². The van der Waals surface area contributed by atoms with Crippen molar-refractivity contribution in [3.63, 3.8) is 0 Å². The molecule has 0 aliphatic carbocycles. The zero-order valence-corrected chi connectivity index (χ0v) is 10.6. The molecule has 0 bridgehead atoms. The number of hydrogen-bond donors (Lipinski definition) is 1. The molecule has 0 spiro atoms. The summed E-state index contributed by atoms with van der Waals surface area (Å²) >= 11 is 0. The number of rotatable bonds is 4. The Balaban J connectivity index is 2.19. The van der Waals surface area contributed by atoms with Crippen molar-refractivity contribution < 1.29 is 0 Å². The quantitative estimate of drug-likeness (QED) is 0.857. The van der Waals surface area contributed by atoms with Crippen molar-refractivity contribution in [3.8, 4) is 0 Å². The summed E-state index contributed by atoms with van der Waals surface area (Å²) in [6.07, 6.45) is 3.06. The summed E-state index contributed by atoms with van der Waals surface area (Å²) in [5.41, 5.74) is 9.88. The smallest absolute Gasteiger partial charge is 0.0475 e. The number of nitrogens with two attached hydrogens (primary N) is 1. The molecule has 2 aromatic rings. The first-order chi connectivity index (χ1) is 8.16. The van der Waals surface area contributed by atoms with Crippen LogP contribution in [0.3, 0.4) is 0 Å². The topological polar surface area (TPSA) is 30.9 Å². The molecular weight excluding hydrogens is 208 g/mol. The third-order valence-corrected chi connectivity index (χ3v) is 3.06. The van der Waals surface area contributed by atoms with Gasteiger partial charge in [-0.15, -0.1) is 0 Å². The minimum absolute atomic E-state index is 0.209. The molecule has 0 fully saturated rings. The summed E-state index contributed by atoms with van der Waals surface area (Å²) < 4.78 is 2.28. The Hall–Kier alpha value is -1.54. The molecule has 0 aliphatic heterocycles. The Morgan fingerprint density at radius 1 is 1.18 bits per heavy atom. The van der Waals surface area contributed by atoms with Gasteiger partial charge in [-0.2, -0.15) is 0 Å². The zero-order chi connectivity index (χ0) is 12.3. The van der Waals surface area contributed by atoms with Gasteiger partial charge in [0.25, 0.3) is 0 Å². The van der Waals surface area contributed by atoms with Crippen LogP contribution in [0.4, 0.5) is 0 Å². The molecule has 1 aromatic heterocycles. The zero-order valence-electron chi connectivity index (χ0n) is 10.6. The lowest BCUT2D eigenvalue weighted by atomic mass is 10.1. The first-order valence-corrected chi connectivity index (χ1v) is 6.11. The molecule has 0 amide bonds. The lowest BCUT2D eigenvalue weighted by Crippen LogP contribution is -2.20. The van der Waals surface area contributed by atoms with Crippen molar-refractivity contribution >= 4 is 0 Å². The number of aromatic nitrogens is 1. The van der Waals surface area contributed by atoms with Crippen LogP contribution >= 0.6 is 0 Å². The molecule has 2 heteroatoms. The van der Waals surface area contributed by atoms with Gasteiger partial charge in [-0.3, -0.25) is 0 Å². The van der Waals surface area contributed by atoms with Crippen LogP contribution in [0.25, 0.3) is 0 Å². The molecule has 17 heavy (non-hydrogen) atoms. The number of benzene rings is 1. The van der Waals surface area contributed by atoms with E-state index >= 15 is 0 Å². The fourth-order valence-corrected chi connectivity index (χ4v) is 2.09. The van der Waals surface area contributed by atoms with Crippen LogP contribution in [0.15, 0.2) is 42.6 Å². The second kappa shape index (κ2) is 5.19. The highest BCUT2D eigenvalue weighted by molar-refractivity contribution is 5.26. The lowest BCUT2D eigenvalue weighted by molar-refractivity contribution is 0.665. The molecule has 1 atom stereocenters. The van der Waals surface area contributed by atoms with E-state index in [1.54, 1.807) is 0 Å². The molecule has 1 heterocycles. The number of hydrogen-bond acceptors (Lipinski definition) is 1. The fraction of sp³-hybridized carbons (Fsp3) is 0.333. The summed E-state index contributed by atoms with van der Waals surface area (Å²) in [6.45, 7) is 5.14. The molecule has 0 aliphatic rings. The normalized spacial score (nSPS) is 12.6. The van der Waals surface area contributed by atoms with Crippen molar-refractivity contribution in [1.82, 2.24) is 4.57 Å². The van der Waals surface area contributed by atoms with Crippen LogP contribution in [-0.4, -0.2) is 10.6 Å². The average Bonchev–Trinajstić information content (AvgIpc) is 2.68. The van der Waals surface area contributed by atoms with E-state index in [1.807, 2.05) is 6.92 Å².